The number of ketones is 1. The van der Waals surface area contributed by atoms with Crippen LogP contribution in [0.4, 0.5) is 0 Å². The van der Waals surface area contributed by atoms with Gasteiger partial charge in [0.25, 0.3) is 0 Å². The summed E-state index contributed by atoms with van der Waals surface area (Å²) in [6.45, 7) is 16.1. The van der Waals surface area contributed by atoms with Crippen LogP contribution in [0.15, 0.2) is 0 Å². The normalized spacial score (nSPS) is 11.5. The van der Waals surface area contributed by atoms with Gasteiger partial charge in [-0.15, -0.1) is 0 Å². The van der Waals surface area contributed by atoms with E-state index in [9.17, 15) is 4.79 Å². The van der Waals surface area contributed by atoms with Crippen molar-refractivity contribution in [3.05, 3.63) is 0 Å². The predicted molar refractivity (Wildman–Crippen MR) is 151 cm³/mol. The lowest BCUT2D eigenvalue weighted by Crippen LogP contribution is -2.15. The SMILES string of the molecule is CCOCCOCCOCCOCCOCCOCCOCCOCCOCCOCCOCCOCCC(C)=O. The van der Waals surface area contributed by atoms with Crippen molar-refractivity contribution in [3.63, 3.8) is 0 Å². The van der Waals surface area contributed by atoms with E-state index >= 15 is 0 Å². The molecule has 41 heavy (non-hydrogen) atoms. The first-order valence-corrected chi connectivity index (χ1v) is 14.7. The lowest BCUT2D eigenvalue weighted by molar-refractivity contribution is -0.118. The van der Waals surface area contributed by atoms with Crippen molar-refractivity contribution in [2.24, 2.45) is 0 Å². The highest BCUT2D eigenvalue weighted by Gasteiger charge is 1.97. The van der Waals surface area contributed by atoms with E-state index in [-0.39, 0.29) is 5.78 Å². The van der Waals surface area contributed by atoms with Gasteiger partial charge in [0, 0.05) is 13.0 Å². The average molecular weight is 601 g/mol. The Morgan fingerprint density at radius 1 is 0.317 bits per heavy atom. The molecule has 0 atom stereocenters. The van der Waals surface area contributed by atoms with Crippen LogP contribution in [0, 0.1) is 0 Å². The van der Waals surface area contributed by atoms with Crippen molar-refractivity contribution in [2.45, 2.75) is 20.3 Å². The van der Waals surface area contributed by atoms with Gasteiger partial charge in [0.1, 0.15) is 5.78 Å². The van der Waals surface area contributed by atoms with Crippen LogP contribution in [0.3, 0.4) is 0 Å². The molecule has 246 valence electrons. The van der Waals surface area contributed by atoms with E-state index in [1.54, 1.807) is 6.92 Å². The molecule has 0 aromatic rings. The van der Waals surface area contributed by atoms with Gasteiger partial charge in [-0.2, -0.15) is 0 Å². The van der Waals surface area contributed by atoms with Crippen molar-refractivity contribution >= 4 is 5.78 Å². The Morgan fingerprint density at radius 3 is 0.659 bits per heavy atom. The first-order valence-electron chi connectivity index (χ1n) is 14.7. The van der Waals surface area contributed by atoms with Crippen molar-refractivity contribution < 1.29 is 61.6 Å². The van der Waals surface area contributed by atoms with E-state index in [0.717, 1.165) is 0 Å². The fourth-order valence-electron chi connectivity index (χ4n) is 2.78. The van der Waals surface area contributed by atoms with Gasteiger partial charge in [0.05, 0.1) is 152 Å². The number of rotatable bonds is 37. The van der Waals surface area contributed by atoms with E-state index in [0.29, 0.717) is 165 Å². The van der Waals surface area contributed by atoms with Crippen molar-refractivity contribution in [1.29, 1.82) is 0 Å². The molecule has 13 heteroatoms. The van der Waals surface area contributed by atoms with Crippen LogP contribution in [0.5, 0.6) is 0 Å². The maximum Gasteiger partial charge on any atom is 0.132 e. The molecule has 0 spiro atoms. The molecule has 0 bridgehead atoms. The van der Waals surface area contributed by atoms with Gasteiger partial charge >= 0.3 is 0 Å². The van der Waals surface area contributed by atoms with Gasteiger partial charge in [-0.05, 0) is 13.8 Å². The molecule has 0 aromatic carbocycles. The molecule has 0 fully saturated rings. The number of Topliss-reactive ketones (excluding diaryl/α,β-unsaturated/α-hetero) is 1. The average Bonchev–Trinajstić information content (AvgIpc) is 2.97. The molecule has 0 rings (SSSR count). The molecule has 0 saturated carbocycles. The first kappa shape index (κ1) is 40.2. The molecule has 0 aliphatic carbocycles. The number of carbonyl (C=O) groups is 1. The second-order valence-corrected chi connectivity index (χ2v) is 8.39. The highest BCUT2D eigenvalue weighted by Crippen LogP contribution is 1.88. The van der Waals surface area contributed by atoms with E-state index in [1.807, 2.05) is 6.92 Å². The smallest absolute Gasteiger partial charge is 0.132 e. The molecule has 13 nitrogen and oxygen atoms in total. The summed E-state index contributed by atoms with van der Waals surface area (Å²) in [7, 11) is 0. The summed E-state index contributed by atoms with van der Waals surface area (Å²) in [5.74, 6) is 0.127. The van der Waals surface area contributed by atoms with Gasteiger partial charge in [0.15, 0.2) is 0 Å². The third kappa shape index (κ3) is 39.2. The zero-order valence-electron chi connectivity index (χ0n) is 25.5. The van der Waals surface area contributed by atoms with Crippen LogP contribution in [0.2, 0.25) is 0 Å². The van der Waals surface area contributed by atoms with E-state index in [2.05, 4.69) is 0 Å². The summed E-state index contributed by atoms with van der Waals surface area (Å²) in [5, 5.41) is 0. The molecule has 0 aliphatic heterocycles. The van der Waals surface area contributed by atoms with Crippen molar-refractivity contribution in [3.8, 4) is 0 Å². The Bertz CT molecular complexity index is 500. The summed E-state index contributed by atoms with van der Waals surface area (Å²) >= 11 is 0. The topological polar surface area (TPSA) is 128 Å². The standard InChI is InChI=1S/C28H56O13/c1-3-30-6-7-32-10-11-34-14-15-36-18-19-38-22-23-40-26-27-41-25-24-39-21-20-37-17-16-35-13-12-33-9-8-31-5-4-28(2)29/h3-27H2,1-2H3. The second-order valence-electron chi connectivity index (χ2n) is 8.39. The Labute approximate surface area is 246 Å². The molecular formula is C28H56O13. The number of hydrogen-bond donors (Lipinski definition) is 0. The fraction of sp³-hybridized carbons (Fsp3) is 0.964. The van der Waals surface area contributed by atoms with Crippen molar-refractivity contribution in [2.75, 3.05) is 159 Å². The largest absolute Gasteiger partial charge is 0.379 e. The number of hydrogen-bond acceptors (Lipinski definition) is 13. The Kier molecular flexibility index (Phi) is 36.5. The minimum absolute atomic E-state index is 0.127. The molecule has 0 unspecified atom stereocenters. The van der Waals surface area contributed by atoms with Crippen LogP contribution in [-0.4, -0.2) is 164 Å². The number of ether oxygens (including phenoxy) is 12. The van der Waals surface area contributed by atoms with Crippen LogP contribution in [-0.2, 0) is 61.6 Å². The Hall–Kier alpha value is -0.810. The van der Waals surface area contributed by atoms with Crippen LogP contribution >= 0.6 is 0 Å². The van der Waals surface area contributed by atoms with Gasteiger partial charge < -0.3 is 56.8 Å². The minimum atomic E-state index is 0.127. The zero-order valence-corrected chi connectivity index (χ0v) is 25.5. The highest BCUT2D eigenvalue weighted by atomic mass is 16.6. The summed E-state index contributed by atoms with van der Waals surface area (Å²) in [5.41, 5.74) is 0. The molecular weight excluding hydrogens is 544 g/mol. The highest BCUT2D eigenvalue weighted by molar-refractivity contribution is 5.75. The van der Waals surface area contributed by atoms with Gasteiger partial charge in [-0.3, -0.25) is 4.79 Å². The minimum Gasteiger partial charge on any atom is -0.379 e. The fourth-order valence-corrected chi connectivity index (χ4v) is 2.78. The first-order chi connectivity index (χ1) is 20.3. The van der Waals surface area contributed by atoms with Crippen LogP contribution < -0.4 is 0 Å². The monoisotopic (exact) mass is 600 g/mol. The third-order valence-corrected chi connectivity index (χ3v) is 4.89. The molecule has 0 N–H and O–H groups in total. The molecule has 0 amide bonds. The van der Waals surface area contributed by atoms with Gasteiger partial charge in [-0.1, -0.05) is 0 Å². The van der Waals surface area contributed by atoms with Crippen LogP contribution in [0.25, 0.3) is 0 Å². The van der Waals surface area contributed by atoms with Gasteiger partial charge in [0.2, 0.25) is 0 Å². The predicted octanol–water partition coefficient (Wildman–Crippen LogP) is 1.18. The molecule has 0 radical (unpaired) electrons. The Morgan fingerprint density at radius 2 is 0.488 bits per heavy atom. The maximum atomic E-state index is 10.8. The molecule has 0 heterocycles. The van der Waals surface area contributed by atoms with Crippen molar-refractivity contribution in [1.82, 2.24) is 0 Å². The molecule has 0 saturated heterocycles. The van der Waals surface area contributed by atoms with E-state index < -0.39 is 0 Å². The second kappa shape index (κ2) is 37.2. The van der Waals surface area contributed by atoms with E-state index in [4.69, 9.17) is 56.8 Å². The van der Waals surface area contributed by atoms with E-state index in [1.165, 1.54) is 0 Å². The zero-order chi connectivity index (χ0) is 29.7. The maximum absolute atomic E-state index is 10.8. The molecule has 0 aromatic heterocycles. The van der Waals surface area contributed by atoms with Crippen LogP contribution in [0.1, 0.15) is 20.3 Å². The summed E-state index contributed by atoms with van der Waals surface area (Å²) in [6.07, 6.45) is 0.444. The quantitative estimate of drug-likeness (QED) is 0.0948. The van der Waals surface area contributed by atoms with Gasteiger partial charge in [-0.25, -0.2) is 0 Å². The molecule has 0 aliphatic rings. The number of carbonyl (C=O) groups excluding carboxylic acids is 1. The summed E-state index contributed by atoms with van der Waals surface area (Å²) in [4.78, 5) is 10.8. The lowest BCUT2D eigenvalue weighted by atomic mass is 10.3. The Balaban J connectivity index is 3.03. The summed E-state index contributed by atoms with van der Waals surface area (Å²) in [6, 6.07) is 0. The lowest BCUT2D eigenvalue weighted by Gasteiger charge is -2.09. The third-order valence-electron chi connectivity index (χ3n) is 4.89. The summed E-state index contributed by atoms with van der Waals surface area (Å²) < 4.78 is 64.7.